The van der Waals surface area contributed by atoms with Crippen LogP contribution < -0.4 is 9.64 Å². The second kappa shape index (κ2) is 9.57. The number of hydrogen-bond acceptors (Lipinski definition) is 5. The van der Waals surface area contributed by atoms with E-state index in [-0.39, 0.29) is 24.2 Å². The van der Waals surface area contributed by atoms with E-state index in [2.05, 4.69) is 0 Å². The van der Waals surface area contributed by atoms with Crippen LogP contribution in [0.25, 0.3) is 0 Å². The van der Waals surface area contributed by atoms with Crippen molar-refractivity contribution in [2.45, 2.75) is 52.2 Å². The first-order valence-electron chi connectivity index (χ1n) is 10.2. The lowest BCUT2D eigenvalue weighted by Gasteiger charge is -2.25. The predicted octanol–water partition coefficient (Wildman–Crippen LogP) is 3.96. The number of carbonyl (C=O) groups excluding carboxylic acids is 3. The van der Waals surface area contributed by atoms with Gasteiger partial charge in [0.15, 0.2) is 11.9 Å². The quantitative estimate of drug-likeness (QED) is 0.375. The van der Waals surface area contributed by atoms with Gasteiger partial charge >= 0.3 is 5.97 Å². The van der Waals surface area contributed by atoms with Gasteiger partial charge in [-0.2, -0.15) is 0 Å². The molecular formula is C24H27NO5. The molecule has 0 spiro atoms. The average molecular weight is 409 g/mol. The Morgan fingerprint density at radius 3 is 2.50 bits per heavy atom. The van der Waals surface area contributed by atoms with Gasteiger partial charge in [0.1, 0.15) is 5.75 Å². The fraction of sp³-hybridized carbons (Fsp3) is 0.375. The highest BCUT2D eigenvalue weighted by molar-refractivity contribution is 5.99. The Balaban J connectivity index is 1.43. The fourth-order valence-corrected chi connectivity index (χ4v) is 3.60. The molecule has 1 aliphatic heterocycles. The number of ether oxygens (including phenoxy) is 2. The standard InChI is InChI=1S/C24H27NO5/c1-16-15-20-7-4-5-8-22(20)25(16)24(28)18(3)30-23(27)9-6-14-29-21-12-10-19(11-13-21)17(2)26/h4-5,7-8,10-13,16,18H,6,9,14-15H2,1-3H3/t16-,18+/m1/s1. The van der Waals surface area contributed by atoms with Gasteiger partial charge < -0.3 is 14.4 Å². The molecule has 2 aromatic carbocycles. The smallest absolute Gasteiger partial charge is 0.306 e. The van der Waals surface area contributed by atoms with Crippen molar-refractivity contribution < 1.29 is 23.9 Å². The molecule has 0 N–H and O–H groups in total. The third kappa shape index (κ3) is 5.06. The topological polar surface area (TPSA) is 72.9 Å². The van der Waals surface area contributed by atoms with Gasteiger partial charge in [0.2, 0.25) is 0 Å². The number of anilines is 1. The van der Waals surface area contributed by atoms with Gasteiger partial charge in [-0.1, -0.05) is 18.2 Å². The van der Waals surface area contributed by atoms with Crippen molar-refractivity contribution in [2.24, 2.45) is 0 Å². The first-order chi connectivity index (χ1) is 14.4. The Morgan fingerprint density at radius 1 is 1.10 bits per heavy atom. The SMILES string of the molecule is CC(=O)c1ccc(OCCCC(=O)O[C@@H](C)C(=O)N2c3ccccc3C[C@H]2C)cc1. The molecule has 0 fully saturated rings. The summed E-state index contributed by atoms with van der Waals surface area (Å²) in [6, 6.07) is 14.7. The van der Waals surface area contributed by atoms with E-state index in [9.17, 15) is 14.4 Å². The average Bonchev–Trinajstić information content (AvgIpc) is 3.06. The zero-order valence-corrected chi connectivity index (χ0v) is 17.6. The maximum atomic E-state index is 12.8. The molecule has 1 heterocycles. The van der Waals surface area contributed by atoms with Crippen molar-refractivity contribution in [1.29, 1.82) is 0 Å². The zero-order chi connectivity index (χ0) is 21.7. The molecule has 158 valence electrons. The number of benzene rings is 2. The maximum Gasteiger partial charge on any atom is 0.306 e. The number of hydrogen-bond donors (Lipinski definition) is 0. The summed E-state index contributed by atoms with van der Waals surface area (Å²) in [5.41, 5.74) is 2.65. The van der Waals surface area contributed by atoms with Crippen LogP contribution in [0.15, 0.2) is 48.5 Å². The van der Waals surface area contributed by atoms with Crippen LogP contribution in [0.2, 0.25) is 0 Å². The van der Waals surface area contributed by atoms with Gasteiger partial charge in [0, 0.05) is 23.7 Å². The van der Waals surface area contributed by atoms with E-state index < -0.39 is 12.1 Å². The Bertz CT molecular complexity index is 921. The summed E-state index contributed by atoms with van der Waals surface area (Å²) in [5, 5.41) is 0. The van der Waals surface area contributed by atoms with Gasteiger partial charge in [-0.05, 0) is 69.5 Å². The van der Waals surface area contributed by atoms with Gasteiger partial charge in [-0.15, -0.1) is 0 Å². The van der Waals surface area contributed by atoms with Crippen molar-refractivity contribution in [3.63, 3.8) is 0 Å². The predicted molar refractivity (Wildman–Crippen MR) is 114 cm³/mol. The molecule has 2 aromatic rings. The van der Waals surface area contributed by atoms with Crippen molar-refractivity contribution in [1.82, 2.24) is 0 Å². The maximum absolute atomic E-state index is 12.8. The summed E-state index contributed by atoms with van der Waals surface area (Å²) in [4.78, 5) is 38.0. The molecule has 0 aromatic heterocycles. The highest BCUT2D eigenvalue weighted by atomic mass is 16.5. The van der Waals surface area contributed by atoms with Crippen LogP contribution in [0.4, 0.5) is 5.69 Å². The molecule has 3 rings (SSSR count). The van der Waals surface area contributed by atoms with Crippen molar-refractivity contribution in [2.75, 3.05) is 11.5 Å². The van der Waals surface area contributed by atoms with Gasteiger partial charge in [0.25, 0.3) is 5.91 Å². The molecule has 0 radical (unpaired) electrons. The Labute approximate surface area is 176 Å². The number of Topliss-reactive ketones (excluding diaryl/α,β-unsaturated/α-hetero) is 1. The number of nitrogens with zero attached hydrogens (tertiary/aromatic N) is 1. The Hall–Kier alpha value is -3.15. The van der Waals surface area contributed by atoms with Crippen LogP contribution in [0.1, 0.15) is 49.5 Å². The van der Waals surface area contributed by atoms with E-state index in [1.807, 2.05) is 31.2 Å². The number of fused-ring (bicyclic) bond motifs is 1. The van der Waals surface area contributed by atoms with E-state index >= 15 is 0 Å². The number of para-hydroxylation sites is 1. The lowest BCUT2D eigenvalue weighted by atomic mass is 10.1. The largest absolute Gasteiger partial charge is 0.494 e. The van der Waals surface area contributed by atoms with E-state index in [0.29, 0.717) is 24.3 Å². The highest BCUT2D eigenvalue weighted by Gasteiger charge is 2.34. The Kier molecular flexibility index (Phi) is 6.87. The summed E-state index contributed by atoms with van der Waals surface area (Å²) in [6.07, 6.45) is 0.589. The summed E-state index contributed by atoms with van der Waals surface area (Å²) >= 11 is 0. The van der Waals surface area contributed by atoms with Crippen LogP contribution in [0.5, 0.6) is 5.75 Å². The van der Waals surface area contributed by atoms with Gasteiger partial charge in [0.05, 0.1) is 6.61 Å². The molecule has 0 aliphatic carbocycles. The first-order valence-corrected chi connectivity index (χ1v) is 10.2. The normalized spacial score (nSPS) is 16.0. The molecule has 0 unspecified atom stereocenters. The molecule has 2 atom stereocenters. The number of esters is 1. The summed E-state index contributed by atoms with van der Waals surface area (Å²) in [6.45, 7) is 5.46. The fourth-order valence-electron chi connectivity index (χ4n) is 3.60. The summed E-state index contributed by atoms with van der Waals surface area (Å²) in [7, 11) is 0. The van der Waals surface area contributed by atoms with E-state index in [1.54, 1.807) is 36.1 Å². The molecule has 1 aliphatic rings. The van der Waals surface area contributed by atoms with E-state index in [4.69, 9.17) is 9.47 Å². The third-order valence-electron chi connectivity index (χ3n) is 5.16. The number of amides is 1. The summed E-state index contributed by atoms with van der Waals surface area (Å²) in [5.74, 6) is 0.00694. The molecule has 0 saturated heterocycles. The lowest BCUT2D eigenvalue weighted by molar-refractivity contribution is -0.154. The Morgan fingerprint density at radius 2 is 1.80 bits per heavy atom. The van der Waals surface area contributed by atoms with Crippen LogP contribution in [0, 0.1) is 0 Å². The lowest BCUT2D eigenvalue weighted by Crippen LogP contribution is -2.43. The second-order valence-electron chi connectivity index (χ2n) is 7.55. The van der Waals surface area contributed by atoms with E-state index in [0.717, 1.165) is 17.7 Å². The summed E-state index contributed by atoms with van der Waals surface area (Å²) < 4.78 is 10.9. The molecule has 0 saturated carbocycles. The van der Waals surface area contributed by atoms with Crippen LogP contribution in [-0.2, 0) is 20.7 Å². The minimum Gasteiger partial charge on any atom is -0.494 e. The van der Waals surface area contributed by atoms with Gasteiger partial charge in [-0.3, -0.25) is 14.4 Å². The minimum atomic E-state index is -0.842. The number of ketones is 1. The van der Waals surface area contributed by atoms with Crippen molar-refractivity contribution >= 4 is 23.3 Å². The molecule has 6 heteroatoms. The zero-order valence-electron chi connectivity index (χ0n) is 17.6. The van der Waals surface area contributed by atoms with E-state index in [1.165, 1.54) is 6.92 Å². The molecule has 30 heavy (non-hydrogen) atoms. The second-order valence-corrected chi connectivity index (χ2v) is 7.55. The van der Waals surface area contributed by atoms with Crippen molar-refractivity contribution in [3.05, 3.63) is 59.7 Å². The molecular weight excluding hydrogens is 382 g/mol. The third-order valence-corrected chi connectivity index (χ3v) is 5.16. The number of carbonyl (C=O) groups is 3. The monoisotopic (exact) mass is 409 g/mol. The first kappa shape index (κ1) is 21.6. The van der Waals surface area contributed by atoms with Gasteiger partial charge in [-0.25, -0.2) is 0 Å². The van der Waals surface area contributed by atoms with Crippen LogP contribution >= 0.6 is 0 Å². The van der Waals surface area contributed by atoms with Crippen molar-refractivity contribution in [3.8, 4) is 5.75 Å². The van der Waals surface area contributed by atoms with Crippen LogP contribution in [-0.4, -0.2) is 36.4 Å². The minimum absolute atomic E-state index is 0.000209. The van der Waals surface area contributed by atoms with Crippen LogP contribution in [0.3, 0.4) is 0 Å². The number of rotatable bonds is 8. The molecule has 0 bridgehead atoms. The highest BCUT2D eigenvalue weighted by Crippen LogP contribution is 2.32. The molecule has 1 amide bonds. The molecule has 6 nitrogen and oxygen atoms in total.